The Kier molecular flexibility index (Phi) is 26.1. The Balaban J connectivity index is -0.000000304. The molecule has 0 amide bonds. The van der Waals surface area contributed by atoms with Crippen LogP contribution in [0.4, 0.5) is 0 Å². The van der Waals surface area contributed by atoms with Gasteiger partial charge in [-0.05, 0) is 33.7 Å². The first kappa shape index (κ1) is 69.4. The Hall–Kier alpha value is 1.36. The van der Waals surface area contributed by atoms with E-state index in [1.165, 1.54) is 0 Å². The predicted octanol–water partition coefficient (Wildman–Crippen LogP) is -6.30. The van der Waals surface area contributed by atoms with Gasteiger partial charge in [-0.25, -0.2) is 84.2 Å². The SMILES string of the molecule is O=S(=O)([O-])Sc1cc(S(=O)(=O)[O-])c(S(=O)(=O)[O-])c(S(=O)(=O)[O-])c1S(=O)(=O)[O-].O=S(=O)([O-])Sc1cc(S(=O)(=O)[O-])c(S(=O)(=O)[O-])c(S(=O)(=O)[O-])c1S(=O)(=O)[O-].[Zn+2].[Zn+2].[Zn+2].[Zn+2].[Zn+2]. The maximum atomic E-state index is 11.3. The third kappa shape index (κ3) is 19.8. The van der Waals surface area contributed by atoms with Crippen molar-refractivity contribution in [3.8, 4) is 0 Å². The van der Waals surface area contributed by atoms with Gasteiger partial charge in [0.2, 0.25) is 0 Å². The average molecular weight is 1340 g/mol. The van der Waals surface area contributed by atoms with Gasteiger partial charge in [0.05, 0.1) is 39.2 Å². The van der Waals surface area contributed by atoms with E-state index in [9.17, 15) is 130 Å². The molecule has 0 atom stereocenters. The smallest absolute Gasteiger partial charge is 0.744 e. The first-order chi connectivity index (χ1) is 23.1. The molecule has 47 heteroatoms. The summed E-state index contributed by atoms with van der Waals surface area (Å²) in [4.78, 5) is -24.5. The van der Waals surface area contributed by atoms with Gasteiger partial charge in [0.1, 0.15) is 80.9 Å². The molecule has 0 spiro atoms. The summed E-state index contributed by atoms with van der Waals surface area (Å²) in [5.74, 6) is 0. The molecular formula is C12H2O30S12Zn5. The molecule has 0 fully saturated rings. The van der Waals surface area contributed by atoms with Crippen molar-refractivity contribution in [2.75, 3.05) is 0 Å². The molecule has 59 heavy (non-hydrogen) atoms. The third-order valence-electron chi connectivity index (χ3n) is 4.67. The van der Waals surface area contributed by atoms with Gasteiger partial charge in [0, 0.05) is 9.79 Å². The summed E-state index contributed by atoms with van der Waals surface area (Å²) in [6.07, 6.45) is 0. The maximum Gasteiger partial charge on any atom is 2.00 e. The van der Waals surface area contributed by atoms with E-state index in [2.05, 4.69) is 0 Å². The standard InChI is InChI=1S/2C6H6O15S6.5Zn/c2*7-23(8,9)3-1-2(22-27(19,20)21)4(24(10,11)12)6(26(16,17)18)5(3)25(13,14)15;;;;;/h2*1H,(H,7,8,9)(H,10,11,12)(H,13,14,15)(H,16,17,18)(H,19,20,21);;;;;/q;;5*+2/p-10. The second-order valence-electron chi connectivity index (χ2n) is 8.34. The van der Waals surface area contributed by atoms with Crippen LogP contribution in [0.2, 0.25) is 0 Å². The molecule has 0 aliphatic carbocycles. The molecule has 0 unspecified atom stereocenters. The summed E-state index contributed by atoms with van der Waals surface area (Å²) < 4.78 is 334. The van der Waals surface area contributed by atoms with Crippen LogP contribution >= 0.6 is 21.6 Å². The molecular weight excluding hydrogens is 1340 g/mol. The Morgan fingerprint density at radius 3 is 0.559 bits per heavy atom. The molecule has 312 valence electrons. The van der Waals surface area contributed by atoms with Gasteiger partial charge in [-0.3, -0.25) is 0 Å². The fourth-order valence-corrected chi connectivity index (χ4v) is 17.0. The average Bonchev–Trinajstić information content (AvgIpc) is 2.80. The van der Waals surface area contributed by atoms with Gasteiger partial charge >= 0.3 is 97.4 Å². The second-order valence-corrected chi connectivity index (χ2v) is 25.2. The Morgan fingerprint density at radius 1 is 0.271 bits per heavy atom. The van der Waals surface area contributed by atoms with E-state index < -0.39 is 182 Å². The molecule has 2 aromatic carbocycles. The van der Waals surface area contributed by atoms with E-state index in [0.29, 0.717) is 0 Å². The summed E-state index contributed by atoms with van der Waals surface area (Å²) in [6.45, 7) is 0. The minimum Gasteiger partial charge on any atom is -0.744 e. The molecule has 0 aliphatic heterocycles. The fourth-order valence-electron chi connectivity index (χ4n) is 3.27. The summed E-state index contributed by atoms with van der Waals surface area (Å²) in [6, 6.07) is -1.01. The van der Waals surface area contributed by atoms with Crippen LogP contribution in [0.3, 0.4) is 0 Å². The Labute approximate surface area is 403 Å². The van der Waals surface area contributed by atoms with Crippen LogP contribution in [0.5, 0.6) is 0 Å². The van der Waals surface area contributed by atoms with Gasteiger partial charge in [-0.2, -0.15) is 0 Å². The predicted molar refractivity (Wildman–Crippen MR) is 148 cm³/mol. The molecule has 0 aliphatic rings. The van der Waals surface area contributed by atoms with E-state index in [4.69, 9.17) is 0 Å². The molecule has 0 radical (unpaired) electrons. The van der Waals surface area contributed by atoms with Gasteiger partial charge in [0.15, 0.2) is 18.3 Å². The van der Waals surface area contributed by atoms with Gasteiger partial charge in [-0.1, -0.05) is 0 Å². The van der Waals surface area contributed by atoms with E-state index in [0.717, 1.165) is 0 Å². The zero-order valence-corrected chi connectivity index (χ0v) is 51.5. The van der Waals surface area contributed by atoms with Gasteiger partial charge in [0.25, 0.3) is 0 Å². The molecule has 0 saturated heterocycles. The second kappa shape index (κ2) is 22.2. The van der Waals surface area contributed by atoms with E-state index in [-0.39, 0.29) is 97.4 Å². The largest absolute Gasteiger partial charge is 2.00 e. The Morgan fingerprint density at radius 2 is 0.441 bits per heavy atom. The summed E-state index contributed by atoms with van der Waals surface area (Å²) in [5, 5.41) is 0. The van der Waals surface area contributed by atoms with Crippen molar-refractivity contribution in [2.24, 2.45) is 0 Å². The van der Waals surface area contributed by atoms with Crippen molar-refractivity contribution >= 4 is 121 Å². The molecule has 0 N–H and O–H groups in total. The zero-order valence-electron chi connectivity index (χ0n) is 26.8. The van der Waals surface area contributed by atoms with Crippen molar-refractivity contribution < 1.29 is 227 Å². The molecule has 0 aromatic heterocycles. The van der Waals surface area contributed by atoms with E-state index >= 15 is 0 Å². The number of hydrogen-bond acceptors (Lipinski definition) is 32. The number of benzene rings is 2. The summed E-state index contributed by atoms with van der Waals surface area (Å²) in [5.41, 5.74) is 0. The minimum absolute atomic E-state index is 0. The Bertz CT molecular complexity index is 2890. The first-order valence-electron chi connectivity index (χ1n) is 10.5. The van der Waals surface area contributed by atoms with Crippen LogP contribution in [0.15, 0.2) is 61.1 Å². The topological polar surface area (TPSA) is 572 Å². The van der Waals surface area contributed by atoms with Crippen LogP contribution in [0.25, 0.3) is 0 Å². The van der Waals surface area contributed by atoms with Crippen LogP contribution in [-0.2, 0) is 197 Å². The maximum absolute atomic E-state index is 11.3. The van der Waals surface area contributed by atoms with E-state index in [1.54, 1.807) is 0 Å². The van der Waals surface area contributed by atoms with Crippen molar-refractivity contribution in [2.45, 2.75) is 49.0 Å². The third-order valence-corrected chi connectivity index (χ3v) is 16.6. The minimum atomic E-state index is -6.51. The number of rotatable bonds is 12. The van der Waals surface area contributed by atoms with Crippen LogP contribution < -0.4 is 0 Å². The van der Waals surface area contributed by atoms with Crippen molar-refractivity contribution in [1.29, 1.82) is 0 Å². The van der Waals surface area contributed by atoms with Crippen LogP contribution in [-0.4, -0.2) is 130 Å². The fraction of sp³-hybridized carbons (Fsp3) is 0. The molecule has 0 saturated carbocycles. The van der Waals surface area contributed by atoms with Crippen molar-refractivity contribution in [3.63, 3.8) is 0 Å². The monoisotopic (exact) mass is 1330 g/mol. The summed E-state index contributed by atoms with van der Waals surface area (Å²) in [7, 11) is -64.7. The molecule has 0 heterocycles. The zero-order chi connectivity index (χ0) is 43.6. The van der Waals surface area contributed by atoms with Crippen molar-refractivity contribution in [1.82, 2.24) is 0 Å². The normalized spacial score (nSPS) is 13.1. The van der Waals surface area contributed by atoms with Crippen molar-refractivity contribution in [3.05, 3.63) is 12.1 Å². The number of hydrogen-bond donors (Lipinski definition) is 0. The van der Waals surface area contributed by atoms with Gasteiger partial charge in [-0.15, -0.1) is 0 Å². The summed E-state index contributed by atoms with van der Waals surface area (Å²) >= 11 is 0. The van der Waals surface area contributed by atoms with Crippen LogP contribution in [0.1, 0.15) is 0 Å². The van der Waals surface area contributed by atoms with E-state index in [1.807, 2.05) is 0 Å². The molecule has 30 nitrogen and oxygen atoms in total. The quantitative estimate of drug-likeness (QED) is 0.108. The molecule has 0 bridgehead atoms. The molecule has 2 aromatic rings. The first-order valence-corrected chi connectivity index (χ1v) is 27.3. The van der Waals surface area contributed by atoms with Crippen LogP contribution in [0, 0.1) is 0 Å². The molecule has 2 rings (SSSR count). The van der Waals surface area contributed by atoms with Gasteiger partial charge < -0.3 is 45.5 Å².